The first-order chi connectivity index (χ1) is 11.8. The Bertz CT molecular complexity index is 721. The topological polar surface area (TPSA) is 66.6 Å². The van der Waals surface area contributed by atoms with E-state index in [9.17, 15) is 0 Å². The van der Waals surface area contributed by atoms with Gasteiger partial charge in [0.1, 0.15) is 17.5 Å². The molecule has 1 heterocycles. The van der Waals surface area contributed by atoms with E-state index in [-0.39, 0.29) is 6.04 Å². The van der Waals surface area contributed by atoms with E-state index in [1.54, 1.807) is 14.2 Å². The predicted octanol–water partition coefficient (Wildman–Crippen LogP) is 3.79. The molecule has 126 valence electrons. The van der Waals surface area contributed by atoms with Crippen LogP contribution in [0.5, 0.6) is 11.5 Å². The second kappa shape index (κ2) is 7.63. The summed E-state index contributed by atoms with van der Waals surface area (Å²) >= 11 is 1.45. The number of aliphatic imine (C=N–C) groups is 1. The fourth-order valence-corrected chi connectivity index (χ4v) is 3.79. The third-order valence-corrected chi connectivity index (χ3v) is 5.10. The summed E-state index contributed by atoms with van der Waals surface area (Å²) in [6, 6.07) is 7.92. The molecule has 0 saturated carbocycles. The van der Waals surface area contributed by atoms with Gasteiger partial charge in [-0.05, 0) is 49.5 Å². The fraction of sp³-hybridized carbons (Fsp3) is 0.444. The minimum atomic E-state index is -0.0761. The summed E-state index contributed by atoms with van der Waals surface area (Å²) in [7, 11) is 3.34. The number of benzene rings is 1. The molecule has 6 heteroatoms. The summed E-state index contributed by atoms with van der Waals surface area (Å²) in [6.45, 7) is 0. The van der Waals surface area contributed by atoms with Crippen molar-refractivity contribution in [1.82, 2.24) is 5.32 Å². The molecule has 24 heavy (non-hydrogen) atoms. The number of rotatable bonds is 4. The van der Waals surface area contributed by atoms with E-state index in [0.717, 1.165) is 35.1 Å². The number of amidine groups is 1. The van der Waals surface area contributed by atoms with Crippen molar-refractivity contribution in [2.75, 3.05) is 20.0 Å². The van der Waals surface area contributed by atoms with Crippen molar-refractivity contribution in [2.45, 2.75) is 31.7 Å². The zero-order valence-corrected chi connectivity index (χ0v) is 14.8. The van der Waals surface area contributed by atoms with Crippen molar-refractivity contribution in [3.05, 3.63) is 35.0 Å². The molecule has 1 unspecified atom stereocenters. The molecule has 0 bridgehead atoms. The Labute approximate surface area is 146 Å². The standard InChI is InChI=1S/C18H21N3O2S/c1-22-12-7-8-16(23-2)14(11-12)17-13-5-3-4-6-15(13)20-18(21-17)24-10-9-19/h7-8,11,17H,3-6,10H2,1-2H3,(H,20,21). The maximum atomic E-state index is 8.86. The molecule has 0 amide bonds. The van der Waals surface area contributed by atoms with Crippen molar-refractivity contribution >= 4 is 16.9 Å². The van der Waals surface area contributed by atoms with Gasteiger partial charge in [0.2, 0.25) is 0 Å². The number of nitriles is 1. The van der Waals surface area contributed by atoms with Crippen LogP contribution in [0.4, 0.5) is 0 Å². The molecule has 1 aliphatic heterocycles. The normalized spacial score (nSPS) is 19.7. The van der Waals surface area contributed by atoms with Crippen molar-refractivity contribution in [3.8, 4) is 17.6 Å². The van der Waals surface area contributed by atoms with Crippen LogP contribution in [0.15, 0.2) is 34.5 Å². The molecule has 1 aromatic carbocycles. The van der Waals surface area contributed by atoms with Crippen LogP contribution in [0, 0.1) is 11.3 Å². The van der Waals surface area contributed by atoms with Gasteiger partial charge in [-0.1, -0.05) is 11.8 Å². The van der Waals surface area contributed by atoms with Crippen LogP contribution in [-0.4, -0.2) is 25.1 Å². The Morgan fingerprint density at radius 3 is 2.88 bits per heavy atom. The summed E-state index contributed by atoms with van der Waals surface area (Å²) in [6.07, 6.45) is 4.43. The Hall–Kier alpha value is -2.13. The Morgan fingerprint density at radius 2 is 2.12 bits per heavy atom. The number of hydrogen-bond acceptors (Lipinski definition) is 6. The van der Waals surface area contributed by atoms with E-state index < -0.39 is 0 Å². The van der Waals surface area contributed by atoms with Crippen LogP contribution >= 0.6 is 11.8 Å². The van der Waals surface area contributed by atoms with Crippen molar-refractivity contribution < 1.29 is 9.47 Å². The maximum Gasteiger partial charge on any atom is 0.162 e. The highest BCUT2D eigenvalue weighted by molar-refractivity contribution is 8.14. The van der Waals surface area contributed by atoms with Gasteiger partial charge in [-0.15, -0.1) is 0 Å². The second-order valence-corrected chi connectivity index (χ2v) is 6.69. The number of ether oxygens (including phenoxy) is 2. The van der Waals surface area contributed by atoms with E-state index in [1.807, 2.05) is 18.2 Å². The van der Waals surface area contributed by atoms with Crippen molar-refractivity contribution in [1.29, 1.82) is 5.26 Å². The summed E-state index contributed by atoms with van der Waals surface area (Å²) < 4.78 is 11.0. The molecule has 1 N–H and O–H groups in total. The molecule has 0 radical (unpaired) electrons. The van der Waals surface area contributed by atoms with Crippen molar-refractivity contribution in [2.24, 2.45) is 4.99 Å². The summed E-state index contributed by atoms with van der Waals surface area (Å²) in [5.41, 5.74) is 3.60. The molecule has 0 fully saturated rings. The zero-order valence-electron chi connectivity index (χ0n) is 14.0. The first kappa shape index (κ1) is 16.7. The molecule has 5 nitrogen and oxygen atoms in total. The minimum absolute atomic E-state index is 0.0761. The Morgan fingerprint density at radius 1 is 1.29 bits per heavy atom. The third-order valence-electron chi connectivity index (χ3n) is 4.35. The molecule has 3 rings (SSSR count). The number of methoxy groups -OCH3 is 2. The van der Waals surface area contributed by atoms with Gasteiger partial charge in [0.25, 0.3) is 0 Å². The fourth-order valence-electron chi connectivity index (χ4n) is 3.21. The third kappa shape index (κ3) is 3.36. The minimum Gasteiger partial charge on any atom is -0.497 e. The van der Waals surface area contributed by atoms with Gasteiger partial charge >= 0.3 is 0 Å². The quantitative estimate of drug-likeness (QED) is 0.901. The van der Waals surface area contributed by atoms with Crippen LogP contribution in [0.2, 0.25) is 0 Å². The highest BCUT2D eigenvalue weighted by atomic mass is 32.2. The maximum absolute atomic E-state index is 8.86. The predicted molar refractivity (Wildman–Crippen MR) is 96.4 cm³/mol. The highest BCUT2D eigenvalue weighted by Gasteiger charge is 2.29. The lowest BCUT2D eigenvalue weighted by molar-refractivity contribution is 0.396. The van der Waals surface area contributed by atoms with Gasteiger partial charge in [0.05, 0.1) is 26.0 Å². The van der Waals surface area contributed by atoms with E-state index in [4.69, 9.17) is 19.7 Å². The molecule has 1 aliphatic carbocycles. The number of nitrogens with one attached hydrogen (secondary N) is 1. The Balaban J connectivity index is 2.04. The monoisotopic (exact) mass is 343 g/mol. The molecule has 0 aromatic heterocycles. The first-order valence-corrected chi connectivity index (χ1v) is 9.03. The van der Waals surface area contributed by atoms with Gasteiger partial charge < -0.3 is 14.8 Å². The first-order valence-electron chi connectivity index (χ1n) is 8.05. The van der Waals surface area contributed by atoms with Crippen LogP contribution in [0.25, 0.3) is 0 Å². The Kier molecular flexibility index (Phi) is 5.31. The molecule has 2 aliphatic rings. The summed E-state index contributed by atoms with van der Waals surface area (Å²) in [5.74, 6) is 1.99. The van der Waals surface area contributed by atoms with Crippen LogP contribution in [0.1, 0.15) is 37.3 Å². The van der Waals surface area contributed by atoms with Gasteiger partial charge in [0, 0.05) is 11.3 Å². The lowest BCUT2D eigenvalue weighted by Gasteiger charge is -2.31. The molecule has 1 atom stereocenters. The number of allylic oxidation sites excluding steroid dienone is 1. The van der Waals surface area contributed by atoms with Crippen LogP contribution in [0.3, 0.4) is 0 Å². The second-order valence-electron chi connectivity index (χ2n) is 5.73. The van der Waals surface area contributed by atoms with E-state index in [1.165, 1.54) is 35.9 Å². The van der Waals surface area contributed by atoms with E-state index in [0.29, 0.717) is 5.75 Å². The lowest BCUT2D eigenvalue weighted by Crippen LogP contribution is -2.30. The van der Waals surface area contributed by atoms with Crippen LogP contribution < -0.4 is 14.8 Å². The summed E-state index contributed by atoms with van der Waals surface area (Å²) in [4.78, 5) is 4.88. The summed E-state index contributed by atoms with van der Waals surface area (Å²) in [5, 5.41) is 13.1. The van der Waals surface area contributed by atoms with E-state index in [2.05, 4.69) is 11.4 Å². The lowest BCUT2D eigenvalue weighted by atomic mass is 9.86. The van der Waals surface area contributed by atoms with Crippen molar-refractivity contribution in [3.63, 3.8) is 0 Å². The van der Waals surface area contributed by atoms with Gasteiger partial charge in [-0.3, -0.25) is 0 Å². The average Bonchev–Trinajstić information content (AvgIpc) is 2.65. The SMILES string of the molecule is COc1ccc(OC)c(C2N=C(SCC#N)NC3=C2CCCC3)c1. The smallest absolute Gasteiger partial charge is 0.162 e. The van der Waals surface area contributed by atoms with Gasteiger partial charge in [-0.2, -0.15) is 5.26 Å². The molecular formula is C18H21N3O2S. The van der Waals surface area contributed by atoms with E-state index >= 15 is 0 Å². The van der Waals surface area contributed by atoms with Gasteiger partial charge in [0.15, 0.2) is 5.17 Å². The molecule has 0 saturated heterocycles. The molecule has 1 aromatic rings. The average molecular weight is 343 g/mol. The number of nitrogens with zero attached hydrogens (tertiary/aromatic N) is 2. The van der Waals surface area contributed by atoms with Crippen LogP contribution in [-0.2, 0) is 0 Å². The molecule has 0 spiro atoms. The number of hydrogen-bond donors (Lipinski definition) is 1. The largest absolute Gasteiger partial charge is 0.497 e. The zero-order chi connectivity index (χ0) is 16.9. The molecular weight excluding hydrogens is 322 g/mol. The highest BCUT2D eigenvalue weighted by Crippen LogP contribution is 2.43. The van der Waals surface area contributed by atoms with Gasteiger partial charge in [-0.25, -0.2) is 4.99 Å². The number of thioether (sulfide) groups is 1.